The van der Waals surface area contributed by atoms with E-state index in [0.717, 1.165) is 23.8 Å². The second kappa shape index (κ2) is 8.32. The molecule has 2 aromatic rings. The molecule has 1 aromatic carbocycles. The topological polar surface area (TPSA) is 75.0 Å². The molecule has 2 aliphatic rings. The first kappa shape index (κ1) is 19.0. The summed E-state index contributed by atoms with van der Waals surface area (Å²) < 4.78 is 11.5. The highest BCUT2D eigenvalue weighted by Gasteiger charge is 2.29. The third-order valence-electron chi connectivity index (χ3n) is 5.31. The molecule has 150 valence electrons. The summed E-state index contributed by atoms with van der Waals surface area (Å²) in [6.45, 7) is 5.81. The first-order valence-corrected chi connectivity index (χ1v) is 10.0. The zero-order chi connectivity index (χ0) is 19.5. The summed E-state index contributed by atoms with van der Waals surface area (Å²) in [6, 6.07) is 8.05. The van der Waals surface area contributed by atoms with E-state index in [2.05, 4.69) is 10.2 Å². The smallest absolute Gasteiger partial charge is 0.290 e. The van der Waals surface area contributed by atoms with E-state index in [9.17, 15) is 9.59 Å². The molecule has 4 rings (SSSR count). The molecule has 2 fully saturated rings. The van der Waals surface area contributed by atoms with Crippen molar-refractivity contribution in [1.29, 1.82) is 0 Å². The highest BCUT2D eigenvalue weighted by Crippen LogP contribution is 2.28. The monoisotopic (exact) mass is 385 g/mol. The Morgan fingerprint density at radius 1 is 1.18 bits per heavy atom. The quantitative estimate of drug-likeness (QED) is 0.789. The van der Waals surface area contributed by atoms with Gasteiger partial charge in [0.2, 0.25) is 5.91 Å². The first-order chi connectivity index (χ1) is 13.7. The number of hydrogen-bond acceptors (Lipinski definition) is 5. The summed E-state index contributed by atoms with van der Waals surface area (Å²) in [5, 5.41) is 3.94. The van der Waals surface area contributed by atoms with Crippen LogP contribution in [-0.2, 0) is 16.1 Å². The van der Waals surface area contributed by atoms with Crippen molar-refractivity contribution in [3.8, 4) is 0 Å². The SMILES string of the molecule is CCOCc1c(C(=O)N2CCN(CC(=O)NC3CC3)CC2)oc2ccccc12. The van der Waals surface area contributed by atoms with Crippen molar-refractivity contribution in [2.75, 3.05) is 39.3 Å². The molecule has 7 nitrogen and oxygen atoms in total. The molecule has 0 radical (unpaired) electrons. The van der Waals surface area contributed by atoms with Crippen LogP contribution in [0, 0.1) is 0 Å². The van der Waals surface area contributed by atoms with Gasteiger partial charge in [0, 0.05) is 49.8 Å². The third kappa shape index (κ3) is 4.20. The fourth-order valence-corrected chi connectivity index (χ4v) is 3.58. The highest BCUT2D eigenvalue weighted by molar-refractivity contribution is 5.99. The number of rotatable bonds is 7. The summed E-state index contributed by atoms with van der Waals surface area (Å²) in [5.41, 5.74) is 1.52. The Morgan fingerprint density at radius 2 is 1.93 bits per heavy atom. The lowest BCUT2D eigenvalue weighted by Crippen LogP contribution is -2.51. The Hall–Kier alpha value is -2.38. The number of furan rings is 1. The van der Waals surface area contributed by atoms with Crippen LogP contribution in [0.1, 0.15) is 35.9 Å². The van der Waals surface area contributed by atoms with E-state index < -0.39 is 0 Å². The molecule has 2 heterocycles. The van der Waals surface area contributed by atoms with E-state index in [1.54, 1.807) is 0 Å². The number of nitrogens with one attached hydrogen (secondary N) is 1. The number of carbonyl (C=O) groups excluding carboxylic acids is 2. The number of benzene rings is 1. The number of nitrogens with zero attached hydrogens (tertiary/aromatic N) is 2. The Labute approximate surface area is 164 Å². The maximum Gasteiger partial charge on any atom is 0.290 e. The number of amides is 2. The van der Waals surface area contributed by atoms with Gasteiger partial charge in [0.1, 0.15) is 5.58 Å². The molecule has 1 aromatic heterocycles. The van der Waals surface area contributed by atoms with Gasteiger partial charge >= 0.3 is 0 Å². The molecular formula is C21H27N3O4. The van der Waals surface area contributed by atoms with E-state index in [1.807, 2.05) is 36.1 Å². The van der Waals surface area contributed by atoms with Crippen molar-refractivity contribution in [2.45, 2.75) is 32.4 Å². The normalized spacial score (nSPS) is 17.8. The second-order valence-electron chi connectivity index (χ2n) is 7.45. The molecule has 1 aliphatic heterocycles. The van der Waals surface area contributed by atoms with Gasteiger partial charge in [-0.1, -0.05) is 18.2 Å². The molecular weight excluding hydrogens is 358 g/mol. The molecule has 2 amide bonds. The van der Waals surface area contributed by atoms with Crippen LogP contribution < -0.4 is 5.32 Å². The molecule has 0 spiro atoms. The van der Waals surface area contributed by atoms with Crippen LogP contribution in [0.2, 0.25) is 0 Å². The van der Waals surface area contributed by atoms with Crippen LogP contribution in [0.4, 0.5) is 0 Å². The van der Waals surface area contributed by atoms with Crippen molar-refractivity contribution in [2.24, 2.45) is 0 Å². The van der Waals surface area contributed by atoms with Gasteiger partial charge in [-0.15, -0.1) is 0 Å². The van der Waals surface area contributed by atoms with Crippen molar-refractivity contribution < 1.29 is 18.7 Å². The minimum absolute atomic E-state index is 0.0820. The van der Waals surface area contributed by atoms with Gasteiger partial charge in [0.15, 0.2) is 5.76 Å². The fraction of sp³-hybridized carbons (Fsp3) is 0.524. The van der Waals surface area contributed by atoms with Gasteiger partial charge in [0.05, 0.1) is 13.2 Å². The van der Waals surface area contributed by atoms with Crippen LogP contribution in [0.3, 0.4) is 0 Å². The van der Waals surface area contributed by atoms with Crippen molar-refractivity contribution in [3.05, 3.63) is 35.6 Å². The average molecular weight is 385 g/mol. The summed E-state index contributed by atoms with van der Waals surface area (Å²) in [5.74, 6) is 0.348. The van der Waals surface area contributed by atoms with Gasteiger partial charge < -0.3 is 19.4 Å². The fourth-order valence-electron chi connectivity index (χ4n) is 3.58. The van der Waals surface area contributed by atoms with Crippen molar-refractivity contribution in [1.82, 2.24) is 15.1 Å². The lowest BCUT2D eigenvalue weighted by atomic mass is 10.1. The Bertz CT molecular complexity index is 850. The maximum atomic E-state index is 13.1. The maximum absolute atomic E-state index is 13.1. The minimum atomic E-state index is -0.104. The molecule has 1 aliphatic carbocycles. The zero-order valence-corrected chi connectivity index (χ0v) is 16.3. The Morgan fingerprint density at radius 3 is 2.64 bits per heavy atom. The third-order valence-corrected chi connectivity index (χ3v) is 5.31. The Kier molecular flexibility index (Phi) is 5.64. The number of piperazine rings is 1. The number of carbonyl (C=O) groups is 2. The number of para-hydroxylation sites is 1. The predicted octanol–water partition coefficient (Wildman–Crippen LogP) is 2.01. The summed E-state index contributed by atoms with van der Waals surface area (Å²) in [7, 11) is 0. The van der Waals surface area contributed by atoms with Crippen molar-refractivity contribution in [3.63, 3.8) is 0 Å². The molecule has 0 atom stereocenters. The molecule has 0 bridgehead atoms. The average Bonchev–Trinajstić information content (AvgIpc) is 3.44. The van der Waals surface area contributed by atoms with E-state index in [0.29, 0.717) is 63.3 Å². The van der Waals surface area contributed by atoms with Gasteiger partial charge in [-0.05, 0) is 25.8 Å². The standard InChI is InChI=1S/C21H27N3O4/c1-2-27-14-17-16-5-3-4-6-18(16)28-20(17)21(26)24-11-9-23(10-12-24)13-19(25)22-15-7-8-15/h3-6,15H,2,7-14H2,1H3,(H,22,25). The van der Waals surface area contributed by atoms with E-state index >= 15 is 0 Å². The van der Waals surface area contributed by atoms with Gasteiger partial charge in [-0.25, -0.2) is 0 Å². The summed E-state index contributed by atoms with van der Waals surface area (Å²) in [4.78, 5) is 29.0. The lowest BCUT2D eigenvalue weighted by molar-refractivity contribution is -0.122. The van der Waals surface area contributed by atoms with Crippen LogP contribution in [0.15, 0.2) is 28.7 Å². The Balaban J connectivity index is 1.41. The van der Waals surface area contributed by atoms with Crippen LogP contribution in [-0.4, -0.2) is 67.0 Å². The van der Waals surface area contributed by atoms with Crippen LogP contribution in [0.25, 0.3) is 11.0 Å². The predicted molar refractivity (Wildman–Crippen MR) is 105 cm³/mol. The van der Waals surface area contributed by atoms with Crippen LogP contribution in [0.5, 0.6) is 0 Å². The number of hydrogen-bond donors (Lipinski definition) is 1. The largest absolute Gasteiger partial charge is 0.451 e. The molecule has 0 unspecified atom stereocenters. The first-order valence-electron chi connectivity index (χ1n) is 10.0. The summed E-state index contributed by atoms with van der Waals surface area (Å²) >= 11 is 0. The second-order valence-corrected chi connectivity index (χ2v) is 7.45. The van der Waals surface area contributed by atoms with E-state index in [-0.39, 0.29) is 11.8 Å². The molecule has 28 heavy (non-hydrogen) atoms. The lowest BCUT2D eigenvalue weighted by Gasteiger charge is -2.34. The molecule has 1 N–H and O–H groups in total. The molecule has 1 saturated carbocycles. The molecule has 1 saturated heterocycles. The molecule has 7 heteroatoms. The van der Waals surface area contributed by atoms with Gasteiger partial charge in [-0.2, -0.15) is 0 Å². The highest BCUT2D eigenvalue weighted by atomic mass is 16.5. The minimum Gasteiger partial charge on any atom is -0.451 e. The zero-order valence-electron chi connectivity index (χ0n) is 16.3. The summed E-state index contributed by atoms with van der Waals surface area (Å²) in [6.07, 6.45) is 2.19. The number of fused-ring (bicyclic) bond motifs is 1. The number of ether oxygens (including phenoxy) is 1. The van der Waals surface area contributed by atoms with Crippen LogP contribution >= 0.6 is 0 Å². The van der Waals surface area contributed by atoms with Crippen molar-refractivity contribution >= 4 is 22.8 Å². The van der Waals surface area contributed by atoms with E-state index in [1.165, 1.54) is 0 Å². The van der Waals surface area contributed by atoms with Gasteiger partial charge in [-0.3, -0.25) is 14.5 Å². The van der Waals surface area contributed by atoms with Gasteiger partial charge in [0.25, 0.3) is 5.91 Å². The van der Waals surface area contributed by atoms with E-state index in [4.69, 9.17) is 9.15 Å².